The molecule has 44 heavy (non-hydrogen) atoms. The minimum atomic E-state index is -0.937. The van der Waals surface area contributed by atoms with Crippen LogP contribution in [0.5, 0.6) is 0 Å². The average Bonchev–Trinajstić information content (AvgIpc) is 2.97. The Labute approximate surface area is 261 Å². The average molecular weight is 606 g/mol. The van der Waals surface area contributed by atoms with E-state index in [1.165, 1.54) is 51.4 Å². The number of aromatic nitrogens is 2. The Bertz CT molecular complexity index is 1370. The number of hydrogen-bond donors (Lipinski definition) is 1. The molecule has 2 aliphatic heterocycles. The van der Waals surface area contributed by atoms with Crippen molar-refractivity contribution in [2.45, 2.75) is 115 Å². The molecule has 0 radical (unpaired) electrons. The Morgan fingerprint density at radius 1 is 0.977 bits per heavy atom. The molecule has 4 aliphatic rings. The molecule has 5 atom stereocenters. The fourth-order valence-electron chi connectivity index (χ4n) is 9.29. The first-order valence-electron chi connectivity index (χ1n) is 17.1. The number of oxime groups is 1. The van der Waals surface area contributed by atoms with Crippen molar-refractivity contribution in [1.82, 2.24) is 19.4 Å². The van der Waals surface area contributed by atoms with Crippen molar-refractivity contribution in [2.75, 3.05) is 27.2 Å². The van der Waals surface area contributed by atoms with Crippen LogP contribution in [0.2, 0.25) is 0 Å². The number of carboxylic acids is 1. The molecule has 2 saturated carbocycles. The summed E-state index contributed by atoms with van der Waals surface area (Å²) in [4.78, 5) is 41.4. The van der Waals surface area contributed by atoms with Gasteiger partial charge < -0.3 is 19.4 Å². The van der Waals surface area contributed by atoms with Crippen LogP contribution < -0.4 is 5.56 Å². The second kappa shape index (κ2) is 13.7. The molecule has 4 bridgehead atoms. The minimum Gasteiger partial charge on any atom is -0.481 e. The van der Waals surface area contributed by atoms with Gasteiger partial charge in [-0.1, -0.05) is 30.6 Å². The van der Waals surface area contributed by atoms with Gasteiger partial charge in [0.25, 0.3) is 5.56 Å². The molecule has 0 spiro atoms. The number of nitrogens with zero attached hydrogens (tertiary/aromatic N) is 5. The van der Waals surface area contributed by atoms with Gasteiger partial charge in [-0.15, -0.1) is 0 Å². The largest absolute Gasteiger partial charge is 0.481 e. The minimum absolute atomic E-state index is 0.0746. The van der Waals surface area contributed by atoms with Crippen LogP contribution in [0.3, 0.4) is 0 Å². The van der Waals surface area contributed by atoms with Crippen LogP contribution in [0.1, 0.15) is 102 Å². The fraction of sp³-hybridized carbons (Fsp3) is 0.714. The van der Waals surface area contributed by atoms with E-state index in [1.807, 2.05) is 42.9 Å². The zero-order valence-corrected chi connectivity index (χ0v) is 26.9. The Morgan fingerprint density at radius 3 is 2.36 bits per heavy atom. The first-order valence-corrected chi connectivity index (χ1v) is 17.1. The summed E-state index contributed by atoms with van der Waals surface area (Å²) in [6.07, 6.45) is 13.2. The van der Waals surface area contributed by atoms with Gasteiger partial charge in [-0.3, -0.25) is 14.5 Å². The molecule has 9 heteroatoms. The summed E-state index contributed by atoms with van der Waals surface area (Å²) in [6.45, 7) is 3.68. The van der Waals surface area contributed by atoms with Crippen molar-refractivity contribution in [3.05, 3.63) is 40.3 Å². The summed E-state index contributed by atoms with van der Waals surface area (Å²) in [6, 6.07) is 9.62. The quantitative estimate of drug-likeness (QED) is 0.199. The summed E-state index contributed by atoms with van der Waals surface area (Å²) < 4.78 is 1.99. The predicted octanol–water partition coefficient (Wildman–Crippen LogP) is 5.71. The van der Waals surface area contributed by atoms with Crippen molar-refractivity contribution >= 4 is 22.7 Å². The van der Waals surface area contributed by atoms with Gasteiger partial charge in [0.2, 0.25) is 0 Å². The number of carboxylic acid groups (broad SMARTS) is 1. The van der Waals surface area contributed by atoms with E-state index in [-0.39, 0.29) is 30.1 Å². The standard InChI is InChI=1S/C35H51N5O4/c1-23-16-24-18-25(17-23)20-28(19-24)39-26-8-6-9-27(39)22-29(21-26)40-32-11-5-4-10-30(32)36-34(35(40)43)31(12-13-33(41)42)37-44-15-7-14-38(2)3/h4-5,10-11,23-29H,6-9,12-22H2,1-3H3,(H,41,42)/t23?,24?,25?,26-,27+,28?,29?. The van der Waals surface area contributed by atoms with Gasteiger partial charge in [0, 0.05) is 37.1 Å². The van der Waals surface area contributed by atoms with E-state index in [0.717, 1.165) is 54.6 Å². The van der Waals surface area contributed by atoms with Crippen LogP contribution >= 0.6 is 0 Å². The Morgan fingerprint density at radius 2 is 1.68 bits per heavy atom. The molecular weight excluding hydrogens is 554 g/mol. The second-order valence-electron chi connectivity index (χ2n) is 14.5. The lowest BCUT2D eigenvalue weighted by Gasteiger charge is -2.55. The van der Waals surface area contributed by atoms with Crippen LogP contribution in [0, 0.1) is 17.8 Å². The van der Waals surface area contributed by atoms with Crippen molar-refractivity contribution in [1.29, 1.82) is 0 Å². The smallest absolute Gasteiger partial charge is 0.303 e. The number of hydrogen-bond acceptors (Lipinski definition) is 7. The maximum absolute atomic E-state index is 14.4. The molecule has 2 saturated heterocycles. The maximum Gasteiger partial charge on any atom is 0.303 e. The zero-order chi connectivity index (χ0) is 30.8. The van der Waals surface area contributed by atoms with Crippen LogP contribution in [0.4, 0.5) is 0 Å². The van der Waals surface area contributed by atoms with E-state index in [9.17, 15) is 14.7 Å². The first-order chi connectivity index (χ1) is 21.3. The van der Waals surface area contributed by atoms with Gasteiger partial charge in [-0.25, -0.2) is 4.98 Å². The molecular formula is C35H51N5O4. The Kier molecular flexibility index (Phi) is 9.71. The van der Waals surface area contributed by atoms with Crippen LogP contribution in [0.25, 0.3) is 11.0 Å². The lowest BCUT2D eigenvalue weighted by molar-refractivity contribution is -0.136. The first kappa shape index (κ1) is 31.2. The maximum atomic E-state index is 14.4. The van der Waals surface area contributed by atoms with Crippen LogP contribution in [-0.2, 0) is 9.63 Å². The molecule has 1 aromatic carbocycles. The molecule has 240 valence electrons. The highest BCUT2D eigenvalue weighted by atomic mass is 16.6. The lowest BCUT2D eigenvalue weighted by atomic mass is 9.65. The van der Waals surface area contributed by atoms with E-state index < -0.39 is 5.97 Å². The third kappa shape index (κ3) is 6.89. The van der Waals surface area contributed by atoms with Gasteiger partial charge in [0.05, 0.1) is 17.5 Å². The third-order valence-electron chi connectivity index (χ3n) is 10.8. The Hall–Kier alpha value is -2.78. The number of piperidine rings is 2. The van der Waals surface area contributed by atoms with Gasteiger partial charge in [0.15, 0.2) is 5.69 Å². The number of aliphatic carboxylic acids is 1. The summed E-state index contributed by atoms with van der Waals surface area (Å²) in [5, 5.41) is 13.8. The molecule has 6 rings (SSSR count). The van der Waals surface area contributed by atoms with Crippen LogP contribution in [0.15, 0.2) is 34.2 Å². The number of para-hydroxylation sites is 2. The summed E-state index contributed by atoms with van der Waals surface area (Å²) in [5.41, 5.74) is 1.95. The summed E-state index contributed by atoms with van der Waals surface area (Å²) >= 11 is 0. The van der Waals surface area contributed by atoms with Crippen molar-refractivity contribution in [3.8, 4) is 0 Å². The lowest BCUT2D eigenvalue weighted by Crippen LogP contribution is -2.59. The highest BCUT2D eigenvalue weighted by Crippen LogP contribution is 2.48. The van der Waals surface area contributed by atoms with E-state index >= 15 is 0 Å². The molecule has 1 N–H and O–H groups in total. The SMILES string of the molecule is CC1CC2CC(C1)CC(N1[C@@H]3CCC[C@H]1CC(n1c(=O)c(C(CCC(=O)O)=NOCCCN(C)C)nc4ccccc41)C3)C2. The van der Waals surface area contributed by atoms with E-state index in [0.29, 0.717) is 30.4 Å². The normalized spacial score (nSPS) is 30.9. The zero-order valence-electron chi connectivity index (χ0n) is 26.9. The topological polar surface area (TPSA) is 100 Å². The Balaban J connectivity index is 1.30. The third-order valence-corrected chi connectivity index (χ3v) is 10.8. The molecule has 3 unspecified atom stereocenters. The number of rotatable bonds is 11. The monoisotopic (exact) mass is 605 g/mol. The van der Waals surface area contributed by atoms with E-state index in [2.05, 4.69) is 21.9 Å². The highest BCUT2D eigenvalue weighted by Gasteiger charge is 2.46. The van der Waals surface area contributed by atoms with E-state index in [4.69, 9.17) is 9.82 Å². The van der Waals surface area contributed by atoms with Gasteiger partial charge in [-0.05, 0) is 108 Å². The molecule has 1 aromatic heterocycles. The summed E-state index contributed by atoms with van der Waals surface area (Å²) in [7, 11) is 4.00. The molecule has 4 fully saturated rings. The number of benzene rings is 1. The molecule has 0 amide bonds. The number of carbonyl (C=O) groups is 1. The van der Waals surface area contributed by atoms with E-state index in [1.54, 1.807) is 0 Å². The van der Waals surface area contributed by atoms with Crippen LogP contribution in [-0.4, -0.2) is 81.5 Å². The molecule has 3 heterocycles. The summed E-state index contributed by atoms with van der Waals surface area (Å²) in [5.74, 6) is 1.69. The predicted molar refractivity (Wildman–Crippen MR) is 173 cm³/mol. The van der Waals surface area contributed by atoms with Crippen molar-refractivity contribution in [3.63, 3.8) is 0 Å². The van der Waals surface area contributed by atoms with Gasteiger partial charge >= 0.3 is 5.97 Å². The number of fused-ring (bicyclic) bond motifs is 5. The van der Waals surface area contributed by atoms with Gasteiger partial charge in [0.1, 0.15) is 12.3 Å². The molecule has 2 aromatic rings. The second-order valence-corrected chi connectivity index (χ2v) is 14.5. The van der Waals surface area contributed by atoms with Crippen molar-refractivity contribution in [2.24, 2.45) is 22.9 Å². The molecule has 2 aliphatic carbocycles. The highest BCUT2D eigenvalue weighted by molar-refractivity contribution is 6.00. The van der Waals surface area contributed by atoms with Crippen molar-refractivity contribution < 1.29 is 14.7 Å². The van der Waals surface area contributed by atoms with Gasteiger partial charge in [-0.2, -0.15) is 0 Å². The molecule has 9 nitrogen and oxygen atoms in total. The fourth-order valence-corrected chi connectivity index (χ4v) is 9.29.